The molecule has 1 aliphatic heterocycles. The van der Waals surface area contributed by atoms with Crippen LogP contribution in [0.25, 0.3) is 11.0 Å². The molecule has 7 heteroatoms. The van der Waals surface area contributed by atoms with E-state index in [1.807, 2.05) is 49.4 Å². The second kappa shape index (κ2) is 8.87. The Morgan fingerprint density at radius 2 is 1.91 bits per heavy atom. The minimum absolute atomic E-state index is 0.100. The van der Waals surface area contributed by atoms with Gasteiger partial charge in [0.2, 0.25) is 5.91 Å². The van der Waals surface area contributed by atoms with Crippen molar-refractivity contribution in [1.82, 2.24) is 9.55 Å². The molecule has 33 heavy (non-hydrogen) atoms. The Morgan fingerprint density at radius 3 is 2.73 bits per heavy atom. The van der Waals surface area contributed by atoms with Crippen molar-refractivity contribution in [3.63, 3.8) is 0 Å². The molecule has 0 saturated carbocycles. The van der Waals surface area contributed by atoms with E-state index in [2.05, 4.69) is 4.57 Å². The standard InChI is InChI=1S/C26H23ClFN3O2/c1-17-14-19(10-11-20(17)27)33-13-12-30-24-9-5-3-7-22(24)29-26(30)18-15-25(32)31(16-18)23-8-4-2-6-21(23)28/h2-11,14,18H,12-13,15-16H2,1H3. The molecule has 5 nitrogen and oxygen atoms in total. The van der Waals surface area contributed by atoms with Gasteiger partial charge in [-0.2, -0.15) is 0 Å². The number of carbonyl (C=O) groups is 1. The molecule has 0 aliphatic carbocycles. The number of hydrogen-bond donors (Lipinski definition) is 0. The van der Waals surface area contributed by atoms with E-state index in [0.29, 0.717) is 30.4 Å². The van der Waals surface area contributed by atoms with Crippen LogP contribution in [0, 0.1) is 12.7 Å². The number of imidazole rings is 1. The van der Waals surface area contributed by atoms with Crippen molar-refractivity contribution in [3.05, 3.63) is 89.0 Å². The van der Waals surface area contributed by atoms with Crippen molar-refractivity contribution in [2.45, 2.75) is 25.8 Å². The summed E-state index contributed by atoms with van der Waals surface area (Å²) in [7, 11) is 0. The molecule has 1 fully saturated rings. The van der Waals surface area contributed by atoms with Crippen LogP contribution in [0.4, 0.5) is 10.1 Å². The van der Waals surface area contributed by atoms with Gasteiger partial charge in [-0.3, -0.25) is 4.79 Å². The number of aryl methyl sites for hydroxylation is 1. The zero-order valence-corrected chi connectivity index (χ0v) is 18.9. The summed E-state index contributed by atoms with van der Waals surface area (Å²) < 4.78 is 22.4. The van der Waals surface area contributed by atoms with Crippen LogP contribution in [0.3, 0.4) is 0 Å². The van der Waals surface area contributed by atoms with Crippen molar-refractivity contribution in [1.29, 1.82) is 0 Å². The molecule has 0 spiro atoms. The van der Waals surface area contributed by atoms with E-state index in [4.69, 9.17) is 21.3 Å². The zero-order valence-electron chi connectivity index (χ0n) is 18.2. The molecular formula is C26H23ClFN3O2. The fraction of sp³-hybridized carbons (Fsp3) is 0.231. The SMILES string of the molecule is Cc1cc(OCCn2c(C3CC(=O)N(c4ccccc4F)C3)nc3ccccc32)ccc1Cl. The van der Waals surface area contributed by atoms with Gasteiger partial charge in [0.05, 0.1) is 23.3 Å². The van der Waals surface area contributed by atoms with Crippen LogP contribution in [0.2, 0.25) is 5.02 Å². The summed E-state index contributed by atoms with van der Waals surface area (Å²) in [5, 5.41) is 0.704. The summed E-state index contributed by atoms with van der Waals surface area (Å²) in [4.78, 5) is 19.2. The molecule has 1 aliphatic rings. The van der Waals surface area contributed by atoms with E-state index < -0.39 is 5.82 Å². The highest BCUT2D eigenvalue weighted by Crippen LogP contribution is 2.34. The fourth-order valence-corrected chi connectivity index (χ4v) is 4.50. The molecule has 0 radical (unpaired) electrons. The largest absolute Gasteiger partial charge is 0.492 e. The van der Waals surface area contributed by atoms with Gasteiger partial charge >= 0.3 is 0 Å². The van der Waals surface area contributed by atoms with E-state index in [1.54, 1.807) is 18.2 Å². The maximum absolute atomic E-state index is 14.3. The van der Waals surface area contributed by atoms with Crippen LogP contribution in [0.15, 0.2) is 66.7 Å². The number of fused-ring (bicyclic) bond motifs is 1. The fourth-order valence-electron chi connectivity index (χ4n) is 4.39. The van der Waals surface area contributed by atoms with Gasteiger partial charge in [0, 0.05) is 23.9 Å². The Hall–Kier alpha value is -3.38. The number of anilines is 1. The molecule has 0 N–H and O–H groups in total. The third kappa shape index (κ3) is 4.18. The molecule has 1 unspecified atom stereocenters. The maximum Gasteiger partial charge on any atom is 0.227 e. The first kappa shape index (κ1) is 21.5. The summed E-state index contributed by atoms with van der Waals surface area (Å²) in [5.74, 6) is 0.939. The number of aromatic nitrogens is 2. The predicted molar refractivity (Wildman–Crippen MR) is 128 cm³/mol. The lowest BCUT2D eigenvalue weighted by Gasteiger charge is -2.18. The van der Waals surface area contributed by atoms with Gasteiger partial charge in [0.15, 0.2) is 0 Å². The second-order valence-electron chi connectivity index (χ2n) is 8.23. The Kier molecular flexibility index (Phi) is 5.77. The van der Waals surface area contributed by atoms with Crippen molar-refractivity contribution >= 4 is 34.2 Å². The number of para-hydroxylation sites is 3. The summed E-state index contributed by atoms with van der Waals surface area (Å²) in [5.41, 5.74) is 3.13. The Labute approximate surface area is 196 Å². The number of halogens is 2. The third-order valence-corrected chi connectivity index (χ3v) is 6.45. The van der Waals surface area contributed by atoms with Crippen molar-refractivity contribution in [3.8, 4) is 5.75 Å². The summed E-state index contributed by atoms with van der Waals surface area (Å²) in [6.07, 6.45) is 0.287. The van der Waals surface area contributed by atoms with Gasteiger partial charge in [-0.1, -0.05) is 35.9 Å². The van der Waals surface area contributed by atoms with Crippen LogP contribution in [0.1, 0.15) is 23.7 Å². The second-order valence-corrected chi connectivity index (χ2v) is 8.63. The van der Waals surface area contributed by atoms with Crippen molar-refractivity contribution < 1.29 is 13.9 Å². The van der Waals surface area contributed by atoms with Crippen molar-refractivity contribution in [2.75, 3.05) is 18.1 Å². The Bertz CT molecular complexity index is 1340. The Balaban J connectivity index is 1.40. The minimum atomic E-state index is -0.397. The molecule has 2 heterocycles. The predicted octanol–water partition coefficient (Wildman–Crippen LogP) is 5.74. The number of carbonyl (C=O) groups excluding carboxylic acids is 1. The smallest absolute Gasteiger partial charge is 0.227 e. The van der Waals surface area contributed by atoms with Crippen LogP contribution in [-0.4, -0.2) is 28.6 Å². The maximum atomic E-state index is 14.3. The quantitative estimate of drug-likeness (QED) is 0.366. The molecule has 0 bridgehead atoms. The summed E-state index contributed by atoms with van der Waals surface area (Å²) in [6.45, 7) is 3.34. The number of ether oxygens (including phenoxy) is 1. The minimum Gasteiger partial charge on any atom is -0.492 e. The van der Waals surface area contributed by atoms with Gasteiger partial charge in [-0.05, 0) is 55.0 Å². The molecule has 1 atom stereocenters. The lowest BCUT2D eigenvalue weighted by atomic mass is 10.1. The van der Waals surface area contributed by atoms with Crippen LogP contribution < -0.4 is 9.64 Å². The van der Waals surface area contributed by atoms with E-state index in [0.717, 1.165) is 28.2 Å². The van der Waals surface area contributed by atoms with Crippen LogP contribution in [0.5, 0.6) is 5.75 Å². The van der Waals surface area contributed by atoms with Crippen molar-refractivity contribution in [2.24, 2.45) is 0 Å². The lowest BCUT2D eigenvalue weighted by Crippen LogP contribution is -2.25. The first-order valence-corrected chi connectivity index (χ1v) is 11.3. The zero-order chi connectivity index (χ0) is 22.9. The molecule has 1 aromatic heterocycles. The molecule has 5 rings (SSSR count). The average Bonchev–Trinajstić information content (AvgIpc) is 3.37. The lowest BCUT2D eigenvalue weighted by molar-refractivity contribution is -0.117. The number of nitrogens with zero attached hydrogens (tertiary/aromatic N) is 3. The topological polar surface area (TPSA) is 47.4 Å². The highest BCUT2D eigenvalue weighted by atomic mass is 35.5. The van der Waals surface area contributed by atoms with Gasteiger partial charge in [0.1, 0.15) is 24.0 Å². The van der Waals surface area contributed by atoms with Crippen LogP contribution in [-0.2, 0) is 11.3 Å². The van der Waals surface area contributed by atoms with Gasteiger partial charge in [0.25, 0.3) is 0 Å². The number of amides is 1. The highest BCUT2D eigenvalue weighted by Gasteiger charge is 2.35. The third-order valence-electron chi connectivity index (χ3n) is 6.03. The first-order valence-electron chi connectivity index (χ1n) is 10.9. The average molecular weight is 464 g/mol. The van der Waals surface area contributed by atoms with Crippen LogP contribution >= 0.6 is 11.6 Å². The van der Waals surface area contributed by atoms with E-state index in [1.165, 1.54) is 11.0 Å². The monoisotopic (exact) mass is 463 g/mol. The van der Waals surface area contributed by atoms with Gasteiger partial charge in [-0.25, -0.2) is 9.37 Å². The number of benzene rings is 3. The molecule has 168 valence electrons. The van der Waals surface area contributed by atoms with Gasteiger partial charge < -0.3 is 14.2 Å². The molecular weight excluding hydrogens is 441 g/mol. The molecule has 4 aromatic rings. The van der Waals surface area contributed by atoms with Gasteiger partial charge in [-0.15, -0.1) is 0 Å². The molecule has 1 amide bonds. The van der Waals surface area contributed by atoms with E-state index in [9.17, 15) is 9.18 Å². The first-order chi connectivity index (χ1) is 16.0. The summed E-state index contributed by atoms with van der Waals surface area (Å²) >= 11 is 6.11. The Morgan fingerprint density at radius 1 is 1.12 bits per heavy atom. The normalized spacial score (nSPS) is 16.0. The molecule has 3 aromatic carbocycles. The molecule has 1 saturated heterocycles. The van der Waals surface area contributed by atoms with E-state index >= 15 is 0 Å². The highest BCUT2D eigenvalue weighted by molar-refractivity contribution is 6.31. The number of hydrogen-bond acceptors (Lipinski definition) is 3. The van der Waals surface area contributed by atoms with E-state index in [-0.39, 0.29) is 18.2 Å². The number of rotatable bonds is 6. The summed E-state index contributed by atoms with van der Waals surface area (Å²) in [6, 6.07) is 19.9.